The van der Waals surface area contributed by atoms with E-state index < -0.39 is 24.1 Å². The summed E-state index contributed by atoms with van der Waals surface area (Å²) < 4.78 is 0. The summed E-state index contributed by atoms with van der Waals surface area (Å²) in [5, 5.41) is 40.4. The molecule has 2 aromatic carbocycles. The molecule has 9 nitrogen and oxygen atoms in total. The number of anilines is 1. The summed E-state index contributed by atoms with van der Waals surface area (Å²) in [5.74, 6) is -3.17. The largest absolute Gasteiger partial charge is 0.479 e. The molecule has 0 aromatic heterocycles. The number of ketones is 1. The Bertz CT molecular complexity index is 1130. The Morgan fingerprint density at radius 2 is 1.48 bits per heavy atom. The number of benzene rings is 2. The molecule has 0 unspecified atom stereocenters. The SMILES string of the molecule is CC(C)(C)CCC(=O)CCc1ccc(CNc2c(Cl)ccc3c2CCNCC3)cc1.O=C(O)[C@H](O)[C@@H](O)C(=O)O. The number of halogens is 1. The fraction of sp³-hybridized carbons (Fsp3) is 0.500. The molecule has 2 aromatic rings. The second-order valence-corrected chi connectivity index (χ2v) is 11.6. The Labute approximate surface area is 240 Å². The lowest BCUT2D eigenvalue weighted by Gasteiger charge is -2.17. The second-order valence-electron chi connectivity index (χ2n) is 11.1. The number of rotatable bonds is 11. The van der Waals surface area contributed by atoms with Gasteiger partial charge in [0.25, 0.3) is 0 Å². The predicted molar refractivity (Wildman–Crippen MR) is 155 cm³/mol. The van der Waals surface area contributed by atoms with E-state index in [4.69, 9.17) is 32.0 Å². The standard InChI is InChI=1S/C26H35ClN2O.C4H6O6/c1-26(2,3)15-12-22(30)10-8-19-4-6-20(7-5-19)18-29-25-23-14-17-28-16-13-21(23)9-11-24(25)27;5-1(3(7)8)2(6)4(9)10/h4-7,9,11,28-29H,8,10,12-18H2,1-3H3;1-2,5-6H,(H,7,8)(H,9,10)/t;1-,2-/m.1/s1. The normalized spacial score (nSPS) is 14.6. The van der Waals surface area contributed by atoms with Gasteiger partial charge in [0.2, 0.25) is 0 Å². The first-order valence-corrected chi connectivity index (χ1v) is 13.8. The van der Waals surface area contributed by atoms with Gasteiger partial charge in [-0.05, 0) is 72.5 Å². The van der Waals surface area contributed by atoms with E-state index in [1.165, 1.54) is 22.3 Å². The molecule has 0 spiro atoms. The molecule has 40 heavy (non-hydrogen) atoms. The lowest BCUT2D eigenvalue weighted by molar-refractivity contribution is -0.165. The van der Waals surface area contributed by atoms with Crippen LogP contribution in [0.3, 0.4) is 0 Å². The summed E-state index contributed by atoms with van der Waals surface area (Å²) >= 11 is 6.52. The van der Waals surface area contributed by atoms with E-state index in [2.05, 4.69) is 61.7 Å². The van der Waals surface area contributed by atoms with Gasteiger partial charge in [-0.3, -0.25) is 4.79 Å². The third-order valence-corrected chi connectivity index (χ3v) is 6.94. The number of carbonyl (C=O) groups excluding carboxylic acids is 1. The topological polar surface area (TPSA) is 156 Å². The van der Waals surface area contributed by atoms with E-state index >= 15 is 0 Å². The van der Waals surface area contributed by atoms with Crippen LogP contribution >= 0.6 is 11.6 Å². The Kier molecular flexibility index (Phi) is 13.1. The lowest BCUT2D eigenvalue weighted by Crippen LogP contribution is -2.39. The number of fused-ring (bicyclic) bond motifs is 1. The van der Waals surface area contributed by atoms with Gasteiger partial charge in [0.1, 0.15) is 5.78 Å². The maximum atomic E-state index is 12.1. The van der Waals surface area contributed by atoms with Gasteiger partial charge in [0.15, 0.2) is 12.2 Å². The molecule has 0 aliphatic carbocycles. The van der Waals surface area contributed by atoms with E-state index in [9.17, 15) is 14.4 Å². The average molecular weight is 577 g/mol. The molecule has 220 valence electrons. The molecule has 2 atom stereocenters. The molecule has 1 aliphatic rings. The van der Waals surface area contributed by atoms with Crippen molar-refractivity contribution in [2.24, 2.45) is 5.41 Å². The minimum Gasteiger partial charge on any atom is -0.479 e. The summed E-state index contributed by atoms with van der Waals surface area (Å²) in [6, 6.07) is 12.8. The van der Waals surface area contributed by atoms with E-state index in [1.807, 2.05) is 6.07 Å². The molecule has 0 amide bonds. The van der Waals surface area contributed by atoms with Crippen LogP contribution in [0.4, 0.5) is 5.69 Å². The Morgan fingerprint density at radius 1 is 0.900 bits per heavy atom. The van der Waals surface area contributed by atoms with Crippen LogP contribution < -0.4 is 10.6 Å². The number of carboxylic acids is 2. The molecule has 1 heterocycles. The van der Waals surface area contributed by atoms with Crippen molar-refractivity contribution in [1.29, 1.82) is 0 Å². The highest BCUT2D eigenvalue weighted by Crippen LogP contribution is 2.31. The molecule has 10 heteroatoms. The van der Waals surface area contributed by atoms with Crippen molar-refractivity contribution >= 4 is 35.0 Å². The highest BCUT2D eigenvalue weighted by atomic mass is 35.5. The highest BCUT2D eigenvalue weighted by Gasteiger charge is 2.29. The Morgan fingerprint density at radius 3 is 2.05 bits per heavy atom. The van der Waals surface area contributed by atoms with Crippen LogP contribution in [0, 0.1) is 5.41 Å². The van der Waals surface area contributed by atoms with Gasteiger partial charge in [0, 0.05) is 19.4 Å². The number of nitrogens with one attached hydrogen (secondary N) is 2. The third kappa shape index (κ3) is 11.3. The molecule has 6 N–H and O–H groups in total. The van der Waals surface area contributed by atoms with E-state index in [0.717, 1.165) is 56.0 Å². The van der Waals surface area contributed by atoms with Gasteiger partial charge >= 0.3 is 11.9 Å². The Hall–Kier alpha value is -2.98. The molecule has 0 radical (unpaired) electrons. The maximum absolute atomic E-state index is 12.1. The van der Waals surface area contributed by atoms with Crippen molar-refractivity contribution < 1.29 is 34.8 Å². The summed E-state index contributed by atoms with van der Waals surface area (Å²) in [6.07, 6.45) is 0.608. The van der Waals surface area contributed by atoms with Gasteiger partial charge in [-0.2, -0.15) is 0 Å². The van der Waals surface area contributed by atoms with Crippen molar-refractivity contribution in [3.63, 3.8) is 0 Å². The molecule has 0 fully saturated rings. The van der Waals surface area contributed by atoms with E-state index in [-0.39, 0.29) is 5.41 Å². The van der Waals surface area contributed by atoms with Crippen molar-refractivity contribution in [1.82, 2.24) is 5.32 Å². The van der Waals surface area contributed by atoms with Gasteiger partial charge in [-0.15, -0.1) is 0 Å². The molecule has 3 rings (SSSR count). The minimum absolute atomic E-state index is 0.223. The molecule has 0 saturated heterocycles. The number of hydrogen-bond acceptors (Lipinski definition) is 7. The zero-order valence-electron chi connectivity index (χ0n) is 23.4. The summed E-state index contributed by atoms with van der Waals surface area (Å²) in [4.78, 5) is 31.7. The number of aliphatic hydroxyl groups excluding tert-OH is 2. The number of aliphatic carboxylic acids is 2. The molecule has 0 saturated carbocycles. The van der Waals surface area contributed by atoms with Gasteiger partial charge in [-0.25, -0.2) is 9.59 Å². The summed E-state index contributed by atoms with van der Waals surface area (Å²) in [5.41, 5.74) is 6.47. The van der Waals surface area contributed by atoms with Crippen LogP contribution in [0.1, 0.15) is 62.3 Å². The minimum atomic E-state index is -2.27. The molecular formula is C30H41ClN2O7. The average Bonchev–Trinajstić information content (AvgIpc) is 3.15. The van der Waals surface area contributed by atoms with Crippen LogP contribution in [0.25, 0.3) is 0 Å². The van der Waals surface area contributed by atoms with Crippen LogP contribution in [0.2, 0.25) is 5.02 Å². The van der Waals surface area contributed by atoms with Crippen LogP contribution in [0.15, 0.2) is 36.4 Å². The number of carbonyl (C=O) groups is 3. The first-order chi connectivity index (χ1) is 18.8. The number of carboxylic acid groups (broad SMARTS) is 2. The summed E-state index contributed by atoms with van der Waals surface area (Å²) in [6.45, 7) is 9.31. The van der Waals surface area contributed by atoms with Crippen molar-refractivity contribution in [3.05, 3.63) is 63.7 Å². The molecule has 0 bridgehead atoms. The third-order valence-electron chi connectivity index (χ3n) is 6.63. The first kappa shape index (κ1) is 33.2. The number of aryl methyl sites for hydroxylation is 1. The van der Waals surface area contributed by atoms with Crippen molar-refractivity contribution in [3.8, 4) is 0 Å². The Balaban J connectivity index is 0.000000478. The zero-order chi connectivity index (χ0) is 29.9. The highest BCUT2D eigenvalue weighted by molar-refractivity contribution is 6.33. The molecular weight excluding hydrogens is 536 g/mol. The maximum Gasteiger partial charge on any atom is 0.335 e. The smallest absolute Gasteiger partial charge is 0.335 e. The van der Waals surface area contributed by atoms with E-state index in [0.29, 0.717) is 18.6 Å². The zero-order valence-corrected chi connectivity index (χ0v) is 24.1. The number of Topliss-reactive ketones (excluding diaryl/α,β-unsaturated/α-hetero) is 1. The monoisotopic (exact) mass is 576 g/mol. The summed E-state index contributed by atoms with van der Waals surface area (Å²) in [7, 11) is 0. The van der Waals surface area contributed by atoms with Crippen molar-refractivity contribution in [2.45, 2.75) is 78.0 Å². The fourth-order valence-electron chi connectivity index (χ4n) is 4.14. The van der Waals surface area contributed by atoms with E-state index in [1.54, 1.807) is 0 Å². The lowest BCUT2D eigenvalue weighted by atomic mass is 9.89. The van der Waals surface area contributed by atoms with Gasteiger partial charge in [-0.1, -0.05) is 62.7 Å². The fourth-order valence-corrected chi connectivity index (χ4v) is 4.39. The molecule has 1 aliphatic heterocycles. The van der Waals surface area contributed by atoms with Crippen LogP contribution in [0.5, 0.6) is 0 Å². The van der Waals surface area contributed by atoms with Crippen molar-refractivity contribution in [2.75, 3.05) is 18.4 Å². The van der Waals surface area contributed by atoms with Crippen LogP contribution in [-0.2, 0) is 40.2 Å². The quantitative estimate of drug-likeness (QED) is 0.234. The van der Waals surface area contributed by atoms with Gasteiger partial charge < -0.3 is 31.1 Å². The van der Waals surface area contributed by atoms with Crippen LogP contribution in [-0.4, -0.2) is 63.4 Å². The number of aliphatic hydroxyl groups is 2. The predicted octanol–water partition coefficient (Wildman–Crippen LogP) is 3.85. The van der Waals surface area contributed by atoms with Gasteiger partial charge in [0.05, 0.1) is 10.7 Å². The second kappa shape index (κ2) is 15.7. The number of hydrogen-bond donors (Lipinski definition) is 6. The first-order valence-electron chi connectivity index (χ1n) is 13.4.